The van der Waals surface area contributed by atoms with Gasteiger partial charge in [-0.15, -0.1) is 0 Å². The average Bonchev–Trinajstić information content (AvgIpc) is 3.84. The monoisotopic (exact) mass is 684 g/mol. The summed E-state index contributed by atoms with van der Waals surface area (Å²) in [7, 11) is 1.53. The highest BCUT2D eigenvalue weighted by Crippen LogP contribution is 2.45. The van der Waals surface area contributed by atoms with E-state index >= 15 is 0 Å². The number of ether oxygens (including phenoxy) is 4. The molecular weight excluding hydrogens is 636 g/mol. The molecule has 0 aliphatic carbocycles. The third-order valence-corrected chi connectivity index (χ3v) is 8.63. The lowest BCUT2D eigenvalue weighted by molar-refractivity contribution is -0.179. The minimum Gasteiger partial charge on any atom is -0.495 e. The Bertz CT molecular complexity index is 1440. The van der Waals surface area contributed by atoms with Gasteiger partial charge in [0.25, 0.3) is 0 Å². The number of carbonyl (C=O) groups excluding carboxylic acids is 4. The number of halogens is 1. The summed E-state index contributed by atoms with van der Waals surface area (Å²) >= 11 is 6.23. The zero-order chi connectivity index (χ0) is 35.6. The van der Waals surface area contributed by atoms with Crippen LogP contribution in [-0.4, -0.2) is 55.7 Å². The number of nitrogens with two attached hydrogens (primary N) is 1. The van der Waals surface area contributed by atoms with E-state index in [1.807, 2.05) is 57.2 Å². The molecule has 3 N–H and O–H groups in total. The lowest BCUT2D eigenvalue weighted by Gasteiger charge is -2.29. The van der Waals surface area contributed by atoms with Gasteiger partial charge < -0.3 is 30.0 Å². The van der Waals surface area contributed by atoms with Gasteiger partial charge in [-0.05, 0) is 61.9 Å². The molecule has 1 fully saturated rings. The minimum absolute atomic E-state index is 0.000708. The van der Waals surface area contributed by atoms with E-state index in [0.717, 1.165) is 11.1 Å². The SMILES string of the molecule is COc1ccc(C[C@@H](C)C(=O)NCC(C)(C)C(=O)O[C@@H](CC(C)C)C(=O)O[C@@H](C/C=C/C(N)=O)[C@H](C)[C@H]2O[C@@H]2c2ccccc2)cc1Cl. The predicted octanol–water partition coefficient (Wildman–Crippen LogP) is 5.75. The number of rotatable bonds is 18. The molecule has 6 atom stereocenters. The summed E-state index contributed by atoms with van der Waals surface area (Å²) in [6, 6.07) is 15.1. The van der Waals surface area contributed by atoms with Crippen LogP contribution in [0.4, 0.5) is 0 Å². The van der Waals surface area contributed by atoms with Crippen LogP contribution in [-0.2, 0) is 39.8 Å². The van der Waals surface area contributed by atoms with E-state index in [-0.39, 0.29) is 49.3 Å². The Labute approximate surface area is 288 Å². The van der Waals surface area contributed by atoms with Gasteiger partial charge in [-0.2, -0.15) is 0 Å². The molecule has 0 spiro atoms. The molecule has 3 rings (SSSR count). The smallest absolute Gasteiger partial charge is 0.347 e. The molecule has 48 heavy (non-hydrogen) atoms. The third kappa shape index (κ3) is 11.4. The number of benzene rings is 2. The van der Waals surface area contributed by atoms with E-state index in [1.54, 1.807) is 39.0 Å². The van der Waals surface area contributed by atoms with Gasteiger partial charge >= 0.3 is 11.9 Å². The van der Waals surface area contributed by atoms with Crippen molar-refractivity contribution in [2.45, 2.75) is 85.2 Å². The normalized spacial score (nSPS) is 18.4. The second-order valence-electron chi connectivity index (χ2n) is 13.5. The summed E-state index contributed by atoms with van der Waals surface area (Å²) in [6.45, 7) is 10.8. The standard InChI is InChI=1S/C37H49ClN2O8/c1-22(2)18-30(35(43)46-28(14-11-15-31(39)41)24(4)32-33(48-32)26-12-9-8-10-13-26)47-36(44)37(5,6)21-40-34(42)23(3)19-25-16-17-29(45-7)27(38)20-25/h8-13,15-17,20,22-24,28,30,32-33H,14,18-19,21H2,1-7H3,(H2,39,41)(H,40,42)/b15-11+/t23-,24+,28+,30+,32-,33-/m1/s1. The first-order chi connectivity index (χ1) is 22.6. The van der Waals surface area contributed by atoms with Crippen molar-refractivity contribution in [3.05, 3.63) is 76.8 Å². The Morgan fingerprint density at radius 3 is 2.33 bits per heavy atom. The maximum absolute atomic E-state index is 13.6. The summed E-state index contributed by atoms with van der Waals surface area (Å²) in [5.41, 5.74) is 6.04. The fraction of sp³-hybridized carbons (Fsp3) is 0.514. The number of carbonyl (C=O) groups is 4. The minimum atomic E-state index is -1.17. The highest BCUT2D eigenvalue weighted by molar-refractivity contribution is 6.32. The van der Waals surface area contributed by atoms with Gasteiger partial charge in [-0.1, -0.05) is 81.8 Å². The average molecular weight is 685 g/mol. The second kappa shape index (κ2) is 17.5. The Morgan fingerprint density at radius 2 is 1.73 bits per heavy atom. The second-order valence-corrected chi connectivity index (χ2v) is 13.9. The summed E-state index contributed by atoms with van der Waals surface area (Å²) in [5, 5.41) is 3.31. The number of primary amides is 1. The summed E-state index contributed by atoms with van der Waals surface area (Å²) in [6.07, 6.45) is 1.50. The molecule has 1 aliphatic rings. The molecule has 0 radical (unpaired) electrons. The van der Waals surface area contributed by atoms with Crippen molar-refractivity contribution in [2.24, 2.45) is 28.9 Å². The Balaban J connectivity index is 1.64. The highest BCUT2D eigenvalue weighted by Gasteiger charge is 2.47. The van der Waals surface area contributed by atoms with Gasteiger partial charge in [-0.3, -0.25) is 14.4 Å². The maximum Gasteiger partial charge on any atom is 0.347 e. The van der Waals surface area contributed by atoms with Crippen LogP contribution in [0.5, 0.6) is 5.75 Å². The first-order valence-corrected chi connectivity index (χ1v) is 16.7. The van der Waals surface area contributed by atoms with Crippen molar-refractivity contribution in [3.63, 3.8) is 0 Å². The number of nitrogens with one attached hydrogen (secondary N) is 1. The van der Waals surface area contributed by atoms with E-state index in [0.29, 0.717) is 17.2 Å². The highest BCUT2D eigenvalue weighted by atomic mass is 35.5. The number of epoxide rings is 1. The molecule has 2 aromatic rings. The zero-order valence-corrected chi connectivity index (χ0v) is 29.6. The predicted molar refractivity (Wildman–Crippen MR) is 183 cm³/mol. The molecule has 11 heteroatoms. The number of amides is 2. The summed E-state index contributed by atoms with van der Waals surface area (Å²) in [4.78, 5) is 51.3. The zero-order valence-electron chi connectivity index (χ0n) is 28.9. The van der Waals surface area contributed by atoms with Crippen LogP contribution >= 0.6 is 11.6 Å². The van der Waals surface area contributed by atoms with Crippen LogP contribution in [0.15, 0.2) is 60.7 Å². The third-order valence-electron chi connectivity index (χ3n) is 8.34. The molecule has 1 aliphatic heterocycles. The number of hydrogen-bond donors (Lipinski definition) is 2. The van der Waals surface area contributed by atoms with Crippen LogP contribution in [0, 0.1) is 23.2 Å². The topological polar surface area (TPSA) is 147 Å². The summed E-state index contributed by atoms with van der Waals surface area (Å²) < 4.78 is 22.9. The van der Waals surface area contributed by atoms with E-state index in [9.17, 15) is 19.2 Å². The number of methoxy groups -OCH3 is 1. The Morgan fingerprint density at radius 1 is 1.04 bits per heavy atom. The van der Waals surface area contributed by atoms with Gasteiger partial charge in [0.2, 0.25) is 11.8 Å². The van der Waals surface area contributed by atoms with E-state index < -0.39 is 41.4 Å². The molecular formula is C37H49ClN2O8. The Kier molecular flexibility index (Phi) is 14.0. The molecule has 0 saturated carbocycles. The van der Waals surface area contributed by atoms with E-state index in [1.165, 1.54) is 13.2 Å². The van der Waals surface area contributed by atoms with Crippen LogP contribution in [0.2, 0.25) is 5.02 Å². The van der Waals surface area contributed by atoms with Crippen molar-refractivity contribution >= 4 is 35.4 Å². The molecule has 0 unspecified atom stereocenters. The van der Waals surface area contributed by atoms with Gasteiger partial charge in [-0.25, -0.2) is 4.79 Å². The fourth-order valence-electron chi connectivity index (χ4n) is 5.31. The number of hydrogen-bond acceptors (Lipinski definition) is 8. The largest absolute Gasteiger partial charge is 0.495 e. The molecule has 0 bridgehead atoms. The van der Waals surface area contributed by atoms with Crippen LogP contribution in [0.1, 0.15) is 71.6 Å². The van der Waals surface area contributed by atoms with Gasteiger partial charge in [0, 0.05) is 24.8 Å². The fourth-order valence-corrected chi connectivity index (χ4v) is 5.59. The molecule has 262 valence electrons. The van der Waals surface area contributed by atoms with Crippen molar-refractivity contribution in [2.75, 3.05) is 13.7 Å². The molecule has 10 nitrogen and oxygen atoms in total. The van der Waals surface area contributed by atoms with Crippen molar-refractivity contribution in [1.29, 1.82) is 0 Å². The van der Waals surface area contributed by atoms with Gasteiger partial charge in [0.1, 0.15) is 18.0 Å². The molecule has 2 amide bonds. The molecule has 2 aromatic carbocycles. The first kappa shape index (κ1) is 38.6. The van der Waals surface area contributed by atoms with Crippen LogP contribution < -0.4 is 15.8 Å². The molecule has 1 heterocycles. The summed E-state index contributed by atoms with van der Waals surface area (Å²) in [5.74, 6) is -2.27. The van der Waals surface area contributed by atoms with Crippen molar-refractivity contribution < 1.29 is 38.1 Å². The van der Waals surface area contributed by atoms with E-state index in [4.69, 9.17) is 36.3 Å². The van der Waals surface area contributed by atoms with Crippen LogP contribution in [0.3, 0.4) is 0 Å². The van der Waals surface area contributed by atoms with Gasteiger partial charge in [0.05, 0.1) is 23.7 Å². The van der Waals surface area contributed by atoms with Crippen molar-refractivity contribution in [3.8, 4) is 5.75 Å². The lowest BCUT2D eigenvalue weighted by atomic mass is 9.92. The number of esters is 2. The van der Waals surface area contributed by atoms with Gasteiger partial charge in [0.15, 0.2) is 6.10 Å². The lowest BCUT2D eigenvalue weighted by Crippen LogP contribution is -2.44. The van der Waals surface area contributed by atoms with E-state index in [2.05, 4.69) is 5.32 Å². The Hall–Kier alpha value is -3.89. The van der Waals surface area contributed by atoms with Crippen molar-refractivity contribution in [1.82, 2.24) is 5.32 Å². The molecule has 1 saturated heterocycles. The first-order valence-electron chi connectivity index (χ1n) is 16.3. The van der Waals surface area contributed by atoms with Crippen LogP contribution in [0.25, 0.3) is 0 Å². The molecule has 0 aromatic heterocycles. The quantitative estimate of drug-likeness (QED) is 0.115. The maximum atomic E-state index is 13.6.